The Kier molecular flexibility index (Phi) is 7.41. The van der Waals surface area contributed by atoms with Gasteiger partial charge >= 0.3 is 0 Å². The zero-order valence-electron chi connectivity index (χ0n) is 18.2. The fourth-order valence-electron chi connectivity index (χ4n) is 3.33. The third-order valence-electron chi connectivity index (χ3n) is 4.97. The van der Waals surface area contributed by atoms with E-state index in [-0.39, 0.29) is 17.8 Å². The summed E-state index contributed by atoms with van der Waals surface area (Å²) in [5, 5.41) is 2.91. The van der Waals surface area contributed by atoms with Gasteiger partial charge in [0.2, 0.25) is 0 Å². The molecule has 1 unspecified atom stereocenters. The van der Waals surface area contributed by atoms with E-state index in [0.29, 0.717) is 40.3 Å². The third kappa shape index (κ3) is 5.11. The second kappa shape index (κ2) is 10.2. The molecule has 0 radical (unpaired) electrons. The summed E-state index contributed by atoms with van der Waals surface area (Å²) < 4.78 is 20.2. The standard InChI is InChI=1S/C24H27FN4O2/c1-5-8-20(31-4)22-21(18(11-12-26-22)17-9-6-7-10-19(17)25)29-24(30)16-13-27-23(15(2)3)28-14-16/h6-7,9-15,20H,5,8H2,1-4H3,(H,29,30). The smallest absolute Gasteiger partial charge is 0.258 e. The summed E-state index contributed by atoms with van der Waals surface area (Å²) in [6.45, 7) is 6.01. The number of ether oxygens (including phenoxy) is 1. The van der Waals surface area contributed by atoms with Gasteiger partial charge in [0.15, 0.2) is 0 Å². The number of carbonyl (C=O) groups excluding carboxylic acids is 1. The molecule has 1 amide bonds. The molecule has 0 saturated carbocycles. The first-order valence-electron chi connectivity index (χ1n) is 10.4. The van der Waals surface area contributed by atoms with Crippen LogP contribution in [0.15, 0.2) is 48.9 Å². The predicted molar refractivity (Wildman–Crippen MR) is 118 cm³/mol. The highest BCUT2D eigenvalue weighted by Gasteiger charge is 2.23. The molecule has 0 bridgehead atoms. The Morgan fingerprint density at radius 1 is 1.10 bits per heavy atom. The number of methoxy groups -OCH3 is 1. The molecule has 1 N–H and O–H groups in total. The molecule has 2 heterocycles. The van der Waals surface area contributed by atoms with E-state index in [2.05, 4.69) is 20.3 Å². The largest absolute Gasteiger partial charge is 0.375 e. The lowest BCUT2D eigenvalue weighted by atomic mass is 9.99. The molecular weight excluding hydrogens is 395 g/mol. The van der Waals surface area contributed by atoms with Crippen molar-refractivity contribution in [3.8, 4) is 11.1 Å². The number of halogens is 1. The Hall–Kier alpha value is -3.19. The topological polar surface area (TPSA) is 77.0 Å². The first-order valence-corrected chi connectivity index (χ1v) is 10.4. The predicted octanol–water partition coefficient (Wildman–Crippen LogP) is 5.54. The molecule has 3 rings (SSSR count). The molecular formula is C24H27FN4O2. The van der Waals surface area contributed by atoms with Crippen molar-refractivity contribution in [1.82, 2.24) is 15.0 Å². The fourth-order valence-corrected chi connectivity index (χ4v) is 3.33. The van der Waals surface area contributed by atoms with Crippen molar-refractivity contribution >= 4 is 11.6 Å². The molecule has 0 saturated heterocycles. The van der Waals surface area contributed by atoms with Gasteiger partial charge in [-0.2, -0.15) is 0 Å². The van der Waals surface area contributed by atoms with Gasteiger partial charge in [-0.3, -0.25) is 9.78 Å². The first kappa shape index (κ1) is 22.5. The number of nitrogens with zero attached hydrogens (tertiary/aromatic N) is 3. The van der Waals surface area contributed by atoms with Crippen LogP contribution in [0.2, 0.25) is 0 Å². The number of pyridine rings is 1. The van der Waals surface area contributed by atoms with Crippen molar-refractivity contribution in [2.75, 3.05) is 12.4 Å². The van der Waals surface area contributed by atoms with Crippen LogP contribution in [0.3, 0.4) is 0 Å². The van der Waals surface area contributed by atoms with E-state index in [9.17, 15) is 9.18 Å². The van der Waals surface area contributed by atoms with Gasteiger partial charge in [-0.1, -0.05) is 45.4 Å². The maximum absolute atomic E-state index is 14.6. The molecule has 0 aliphatic carbocycles. The lowest BCUT2D eigenvalue weighted by molar-refractivity contribution is 0.0917. The van der Waals surface area contributed by atoms with E-state index in [0.717, 1.165) is 6.42 Å². The van der Waals surface area contributed by atoms with Gasteiger partial charge in [0, 0.05) is 42.7 Å². The van der Waals surface area contributed by atoms with Crippen molar-refractivity contribution in [1.29, 1.82) is 0 Å². The molecule has 0 spiro atoms. The van der Waals surface area contributed by atoms with Gasteiger partial charge in [0.1, 0.15) is 17.7 Å². The third-order valence-corrected chi connectivity index (χ3v) is 4.97. The van der Waals surface area contributed by atoms with Crippen molar-refractivity contribution in [3.63, 3.8) is 0 Å². The summed E-state index contributed by atoms with van der Waals surface area (Å²) in [4.78, 5) is 26.0. The zero-order chi connectivity index (χ0) is 22.4. The fraction of sp³-hybridized carbons (Fsp3) is 0.333. The van der Waals surface area contributed by atoms with E-state index in [1.165, 1.54) is 18.5 Å². The van der Waals surface area contributed by atoms with Gasteiger partial charge in [-0.05, 0) is 18.6 Å². The summed E-state index contributed by atoms with van der Waals surface area (Å²) in [7, 11) is 1.60. The van der Waals surface area contributed by atoms with E-state index in [1.807, 2.05) is 20.8 Å². The average Bonchev–Trinajstić information content (AvgIpc) is 2.78. The number of amides is 1. The number of anilines is 1. The van der Waals surface area contributed by atoms with Gasteiger partial charge in [-0.15, -0.1) is 0 Å². The molecule has 3 aromatic rings. The van der Waals surface area contributed by atoms with E-state index >= 15 is 0 Å². The minimum atomic E-state index is -0.395. The summed E-state index contributed by atoms with van der Waals surface area (Å²) in [5.74, 6) is 0.0389. The van der Waals surface area contributed by atoms with Crippen LogP contribution < -0.4 is 5.32 Å². The summed E-state index contributed by atoms with van der Waals surface area (Å²) in [5.41, 5.74) is 2.20. The van der Waals surface area contributed by atoms with Crippen LogP contribution in [0, 0.1) is 5.82 Å². The van der Waals surface area contributed by atoms with E-state index < -0.39 is 5.91 Å². The number of carbonyl (C=O) groups is 1. The van der Waals surface area contributed by atoms with Gasteiger partial charge in [0.05, 0.1) is 16.9 Å². The number of nitrogens with one attached hydrogen (secondary N) is 1. The molecule has 1 atom stereocenters. The normalized spacial score (nSPS) is 12.1. The monoisotopic (exact) mass is 422 g/mol. The van der Waals surface area contributed by atoms with Gasteiger partial charge in [-0.25, -0.2) is 14.4 Å². The number of hydrogen-bond donors (Lipinski definition) is 1. The Morgan fingerprint density at radius 2 is 1.81 bits per heavy atom. The molecule has 0 aliphatic rings. The van der Waals surface area contributed by atoms with Gasteiger partial charge < -0.3 is 10.1 Å². The Balaban J connectivity index is 2.07. The molecule has 7 heteroatoms. The summed E-state index contributed by atoms with van der Waals surface area (Å²) in [6, 6.07) is 8.13. The minimum absolute atomic E-state index is 0.159. The van der Waals surface area contributed by atoms with Crippen molar-refractivity contribution < 1.29 is 13.9 Å². The highest BCUT2D eigenvalue weighted by molar-refractivity contribution is 6.06. The van der Waals surface area contributed by atoms with Crippen LogP contribution in [0.1, 0.15) is 67.5 Å². The van der Waals surface area contributed by atoms with Crippen LogP contribution >= 0.6 is 0 Å². The van der Waals surface area contributed by atoms with Crippen molar-refractivity contribution in [2.45, 2.75) is 45.6 Å². The first-order chi connectivity index (χ1) is 15.0. The summed E-state index contributed by atoms with van der Waals surface area (Å²) >= 11 is 0. The van der Waals surface area contributed by atoms with Crippen molar-refractivity contribution in [3.05, 3.63) is 71.8 Å². The minimum Gasteiger partial charge on any atom is -0.375 e. The number of aromatic nitrogens is 3. The lowest BCUT2D eigenvalue weighted by Gasteiger charge is -2.21. The van der Waals surface area contributed by atoms with E-state index in [1.54, 1.807) is 37.6 Å². The van der Waals surface area contributed by atoms with Crippen LogP contribution in [-0.4, -0.2) is 28.0 Å². The Bertz CT molecular complexity index is 1040. The van der Waals surface area contributed by atoms with E-state index in [4.69, 9.17) is 4.74 Å². The second-order valence-corrected chi connectivity index (χ2v) is 7.55. The number of hydrogen-bond acceptors (Lipinski definition) is 5. The SMILES string of the molecule is CCCC(OC)c1nccc(-c2ccccc2F)c1NC(=O)c1cnc(C(C)C)nc1. The molecule has 0 fully saturated rings. The quantitative estimate of drug-likeness (QED) is 0.516. The molecule has 31 heavy (non-hydrogen) atoms. The average molecular weight is 423 g/mol. The zero-order valence-corrected chi connectivity index (χ0v) is 18.2. The van der Waals surface area contributed by atoms with Crippen LogP contribution in [0.25, 0.3) is 11.1 Å². The van der Waals surface area contributed by atoms with Gasteiger partial charge in [0.25, 0.3) is 5.91 Å². The summed E-state index contributed by atoms with van der Waals surface area (Å²) in [6.07, 6.45) is 5.83. The maximum atomic E-state index is 14.6. The molecule has 0 aliphatic heterocycles. The van der Waals surface area contributed by atoms with Crippen molar-refractivity contribution in [2.24, 2.45) is 0 Å². The Labute approximate surface area is 181 Å². The Morgan fingerprint density at radius 3 is 2.42 bits per heavy atom. The highest BCUT2D eigenvalue weighted by Crippen LogP contribution is 2.36. The highest BCUT2D eigenvalue weighted by atomic mass is 19.1. The van der Waals surface area contributed by atoms with Crippen LogP contribution in [0.5, 0.6) is 0 Å². The number of rotatable bonds is 8. The van der Waals surface area contributed by atoms with Crippen LogP contribution in [0.4, 0.5) is 10.1 Å². The lowest BCUT2D eigenvalue weighted by Crippen LogP contribution is -2.18. The number of benzene rings is 1. The molecule has 162 valence electrons. The van der Waals surface area contributed by atoms with Crippen LogP contribution in [-0.2, 0) is 4.74 Å². The second-order valence-electron chi connectivity index (χ2n) is 7.55. The molecule has 2 aromatic heterocycles. The molecule has 6 nitrogen and oxygen atoms in total. The molecule has 1 aromatic carbocycles. The maximum Gasteiger partial charge on any atom is 0.258 e.